The molecule has 0 bridgehead atoms. The predicted molar refractivity (Wildman–Crippen MR) is 101 cm³/mol. The van der Waals surface area contributed by atoms with Gasteiger partial charge in [-0.2, -0.15) is 0 Å². The molecule has 0 saturated heterocycles. The number of benzene rings is 2. The summed E-state index contributed by atoms with van der Waals surface area (Å²) in [4.78, 5) is 2.10. The number of nitrogens with zero attached hydrogens (tertiary/aromatic N) is 1. The molecular weight excluding hydrogens is 320 g/mol. The Morgan fingerprint density at radius 2 is 2.00 bits per heavy atom. The van der Waals surface area contributed by atoms with Crippen LogP contribution in [0.5, 0.6) is 11.5 Å². The first-order chi connectivity index (χ1) is 11.7. The molecule has 0 fully saturated rings. The van der Waals surface area contributed by atoms with E-state index in [0.29, 0.717) is 18.3 Å². The summed E-state index contributed by atoms with van der Waals surface area (Å²) in [6.07, 6.45) is -0.0443. The minimum Gasteiger partial charge on any atom is -0.486 e. The van der Waals surface area contributed by atoms with Gasteiger partial charge in [0, 0.05) is 12.2 Å². The third-order valence-electron chi connectivity index (χ3n) is 3.93. The Bertz CT molecular complexity index is 720. The molecule has 126 valence electrons. The van der Waals surface area contributed by atoms with Gasteiger partial charge < -0.3 is 19.7 Å². The molecule has 3 rings (SSSR count). The van der Waals surface area contributed by atoms with E-state index in [1.165, 1.54) is 5.56 Å². The van der Waals surface area contributed by atoms with E-state index in [-0.39, 0.29) is 6.10 Å². The SMILES string of the molecule is CCN(C[C@H]1COc2ccccc2O1)C(=S)Nc1cccc(C)c1. The van der Waals surface area contributed by atoms with Gasteiger partial charge in [-0.25, -0.2) is 0 Å². The van der Waals surface area contributed by atoms with Crippen LogP contribution in [0.1, 0.15) is 12.5 Å². The fourth-order valence-electron chi connectivity index (χ4n) is 2.68. The third-order valence-corrected chi connectivity index (χ3v) is 4.29. The van der Waals surface area contributed by atoms with Gasteiger partial charge in [0.1, 0.15) is 6.61 Å². The first-order valence-electron chi connectivity index (χ1n) is 8.17. The summed E-state index contributed by atoms with van der Waals surface area (Å²) in [6, 6.07) is 15.9. The highest BCUT2D eigenvalue weighted by atomic mass is 32.1. The molecule has 1 aliphatic rings. The van der Waals surface area contributed by atoms with Crippen LogP contribution in [0.2, 0.25) is 0 Å². The number of thiocarbonyl (C=S) groups is 1. The Morgan fingerprint density at radius 1 is 1.21 bits per heavy atom. The van der Waals surface area contributed by atoms with E-state index in [0.717, 1.165) is 23.7 Å². The van der Waals surface area contributed by atoms with Crippen LogP contribution in [0.3, 0.4) is 0 Å². The van der Waals surface area contributed by atoms with Crippen LogP contribution in [0, 0.1) is 6.92 Å². The van der Waals surface area contributed by atoms with Crippen molar-refractivity contribution < 1.29 is 9.47 Å². The van der Waals surface area contributed by atoms with Gasteiger partial charge in [0.05, 0.1) is 6.54 Å². The number of hydrogen-bond acceptors (Lipinski definition) is 3. The van der Waals surface area contributed by atoms with Crippen LogP contribution in [-0.4, -0.2) is 35.8 Å². The van der Waals surface area contributed by atoms with E-state index in [4.69, 9.17) is 21.7 Å². The van der Waals surface area contributed by atoms with E-state index in [1.807, 2.05) is 36.4 Å². The van der Waals surface area contributed by atoms with E-state index >= 15 is 0 Å². The van der Waals surface area contributed by atoms with E-state index < -0.39 is 0 Å². The van der Waals surface area contributed by atoms with E-state index in [9.17, 15) is 0 Å². The van der Waals surface area contributed by atoms with Gasteiger partial charge in [-0.05, 0) is 55.9 Å². The minimum atomic E-state index is -0.0443. The Balaban J connectivity index is 1.61. The van der Waals surface area contributed by atoms with Crippen LogP contribution in [0.4, 0.5) is 5.69 Å². The average Bonchev–Trinajstić information content (AvgIpc) is 2.59. The lowest BCUT2D eigenvalue weighted by molar-refractivity contribution is 0.0754. The fraction of sp³-hybridized carbons (Fsp3) is 0.316. The van der Waals surface area contributed by atoms with Crippen LogP contribution in [0.25, 0.3) is 0 Å². The Kier molecular flexibility index (Phi) is 5.20. The summed E-state index contributed by atoms with van der Waals surface area (Å²) in [5.41, 5.74) is 2.20. The summed E-state index contributed by atoms with van der Waals surface area (Å²) in [6.45, 7) is 6.17. The quantitative estimate of drug-likeness (QED) is 0.854. The molecule has 2 aromatic carbocycles. The van der Waals surface area contributed by atoms with Gasteiger partial charge >= 0.3 is 0 Å². The van der Waals surface area contributed by atoms with E-state index in [1.54, 1.807) is 0 Å². The van der Waals surface area contributed by atoms with Crippen LogP contribution in [-0.2, 0) is 0 Å². The largest absolute Gasteiger partial charge is 0.486 e. The average molecular weight is 342 g/mol. The number of hydrogen-bond donors (Lipinski definition) is 1. The molecule has 2 aromatic rings. The molecule has 0 aliphatic carbocycles. The number of fused-ring (bicyclic) bond motifs is 1. The highest BCUT2D eigenvalue weighted by molar-refractivity contribution is 7.80. The highest BCUT2D eigenvalue weighted by Gasteiger charge is 2.23. The lowest BCUT2D eigenvalue weighted by atomic mass is 10.2. The minimum absolute atomic E-state index is 0.0443. The number of nitrogens with one attached hydrogen (secondary N) is 1. The standard InChI is InChI=1S/C19H22N2O2S/c1-3-21(19(24)20-15-8-6-7-14(2)11-15)12-16-13-22-17-9-4-5-10-18(17)23-16/h4-11,16H,3,12-13H2,1-2H3,(H,20,24)/t16-/m0/s1. The van der Waals surface area contributed by atoms with E-state index in [2.05, 4.69) is 36.2 Å². The molecule has 5 heteroatoms. The van der Waals surface area contributed by atoms with Gasteiger partial charge in [-0.1, -0.05) is 24.3 Å². The molecule has 0 radical (unpaired) electrons. The maximum Gasteiger partial charge on any atom is 0.173 e. The molecule has 1 atom stereocenters. The van der Waals surface area contributed by atoms with Crippen molar-refractivity contribution in [3.63, 3.8) is 0 Å². The summed E-state index contributed by atoms with van der Waals surface area (Å²) in [7, 11) is 0. The van der Waals surface area contributed by atoms with Crippen molar-refractivity contribution in [2.75, 3.05) is 25.0 Å². The smallest absolute Gasteiger partial charge is 0.173 e. The molecule has 0 saturated carbocycles. The summed E-state index contributed by atoms with van der Waals surface area (Å²) >= 11 is 5.56. The monoisotopic (exact) mass is 342 g/mol. The fourth-order valence-corrected chi connectivity index (χ4v) is 3.00. The van der Waals surface area contributed by atoms with Gasteiger partial charge in [-0.15, -0.1) is 0 Å². The van der Waals surface area contributed by atoms with Crippen LogP contribution in [0.15, 0.2) is 48.5 Å². The zero-order chi connectivity index (χ0) is 16.9. The zero-order valence-corrected chi connectivity index (χ0v) is 14.8. The van der Waals surface area contributed by atoms with Crippen LogP contribution < -0.4 is 14.8 Å². The number of ether oxygens (including phenoxy) is 2. The number of para-hydroxylation sites is 2. The summed E-state index contributed by atoms with van der Waals surface area (Å²) in [5, 5.41) is 4.00. The molecule has 24 heavy (non-hydrogen) atoms. The molecule has 1 heterocycles. The van der Waals surface area contributed by atoms with Crippen molar-refractivity contribution >= 4 is 23.0 Å². The lowest BCUT2D eigenvalue weighted by Gasteiger charge is -2.32. The maximum absolute atomic E-state index is 6.03. The molecule has 0 amide bonds. The van der Waals surface area contributed by atoms with Crippen molar-refractivity contribution in [3.8, 4) is 11.5 Å². The van der Waals surface area contributed by atoms with Crippen molar-refractivity contribution in [2.45, 2.75) is 20.0 Å². The van der Waals surface area contributed by atoms with Crippen molar-refractivity contribution in [1.82, 2.24) is 4.90 Å². The van der Waals surface area contributed by atoms with Crippen molar-refractivity contribution in [2.24, 2.45) is 0 Å². The molecule has 1 aliphatic heterocycles. The molecule has 4 nitrogen and oxygen atoms in total. The van der Waals surface area contributed by atoms with Crippen LogP contribution >= 0.6 is 12.2 Å². The molecule has 0 unspecified atom stereocenters. The number of likely N-dealkylation sites (N-methyl/N-ethyl adjacent to an activating group) is 1. The topological polar surface area (TPSA) is 33.7 Å². The van der Waals surface area contributed by atoms with Gasteiger partial charge in [-0.3, -0.25) is 0 Å². The Labute approximate surface area is 148 Å². The number of anilines is 1. The molecular formula is C19H22N2O2S. The third kappa shape index (κ3) is 3.97. The molecule has 0 aromatic heterocycles. The second kappa shape index (κ2) is 7.53. The van der Waals surface area contributed by atoms with Crippen molar-refractivity contribution in [1.29, 1.82) is 0 Å². The maximum atomic E-state index is 6.03. The summed E-state index contributed by atoms with van der Waals surface area (Å²) < 4.78 is 11.8. The summed E-state index contributed by atoms with van der Waals surface area (Å²) in [5.74, 6) is 1.60. The Hall–Kier alpha value is -2.27. The molecule has 1 N–H and O–H groups in total. The number of rotatable bonds is 4. The first-order valence-corrected chi connectivity index (χ1v) is 8.57. The molecule has 0 spiro atoms. The van der Waals surface area contributed by atoms with Gasteiger partial charge in [0.25, 0.3) is 0 Å². The first kappa shape index (κ1) is 16.6. The zero-order valence-electron chi connectivity index (χ0n) is 14.0. The second-order valence-electron chi connectivity index (χ2n) is 5.84. The normalized spacial score (nSPS) is 15.7. The van der Waals surface area contributed by atoms with Gasteiger partial charge in [0.2, 0.25) is 0 Å². The lowest BCUT2D eigenvalue weighted by Crippen LogP contribution is -2.45. The Morgan fingerprint density at radius 3 is 2.75 bits per heavy atom. The highest BCUT2D eigenvalue weighted by Crippen LogP contribution is 2.31. The van der Waals surface area contributed by atoms with Crippen molar-refractivity contribution in [3.05, 3.63) is 54.1 Å². The predicted octanol–water partition coefficient (Wildman–Crippen LogP) is 3.85. The number of aryl methyl sites for hydroxylation is 1. The second-order valence-corrected chi connectivity index (χ2v) is 6.22. The van der Waals surface area contributed by atoms with Gasteiger partial charge in [0.15, 0.2) is 22.7 Å².